The molecule has 2 heterocycles. The summed E-state index contributed by atoms with van der Waals surface area (Å²) in [5, 5.41) is 0. The Balaban J connectivity index is 1.33. The summed E-state index contributed by atoms with van der Waals surface area (Å²) in [4.78, 5) is 21.6. The van der Waals surface area contributed by atoms with Crippen molar-refractivity contribution in [2.75, 3.05) is 31.1 Å². The molecule has 2 aromatic carbocycles. The Labute approximate surface area is 202 Å². The summed E-state index contributed by atoms with van der Waals surface area (Å²) in [5.41, 5.74) is 4.17. The molecule has 0 saturated carbocycles. The van der Waals surface area contributed by atoms with Gasteiger partial charge >= 0.3 is 5.97 Å². The Kier molecular flexibility index (Phi) is 7.80. The minimum Gasteiger partial charge on any atom is -0.489 e. The molecule has 1 fully saturated rings. The maximum Gasteiger partial charge on any atom is 0.342 e. The predicted molar refractivity (Wildman–Crippen MR) is 134 cm³/mol. The van der Waals surface area contributed by atoms with Crippen LogP contribution in [0.3, 0.4) is 0 Å². The number of anilines is 1. The highest BCUT2D eigenvalue weighted by Crippen LogP contribution is 2.22. The van der Waals surface area contributed by atoms with Gasteiger partial charge in [0.1, 0.15) is 23.7 Å². The molecule has 1 saturated heterocycles. The number of piperazine rings is 1. The molecule has 1 aromatic heterocycles. The molecule has 0 bridgehead atoms. The summed E-state index contributed by atoms with van der Waals surface area (Å²) >= 11 is 0. The zero-order valence-corrected chi connectivity index (χ0v) is 20.2. The van der Waals surface area contributed by atoms with Crippen LogP contribution in [0.25, 0.3) is 0 Å². The molecule has 4 rings (SSSR count). The molecule has 0 spiro atoms. The fourth-order valence-electron chi connectivity index (χ4n) is 4.16. The van der Waals surface area contributed by atoms with E-state index in [0.29, 0.717) is 18.0 Å². The number of carbonyl (C=O) groups is 1. The second-order valence-corrected chi connectivity index (χ2v) is 9.02. The van der Waals surface area contributed by atoms with Crippen molar-refractivity contribution < 1.29 is 14.3 Å². The summed E-state index contributed by atoms with van der Waals surface area (Å²) in [6, 6.07) is 20.3. The molecule has 0 radical (unpaired) electrons. The second kappa shape index (κ2) is 11.2. The molecule has 6 nitrogen and oxygen atoms in total. The predicted octanol–water partition coefficient (Wildman–Crippen LogP) is 4.86. The lowest BCUT2D eigenvalue weighted by Crippen LogP contribution is -2.46. The fraction of sp³-hybridized carbons (Fsp3) is 0.357. The summed E-state index contributed by atoms with van der Waals surface area (Å²) in [5.74, 6) is 1.28. The van der Waals surface area contributed by atoms with Gasteiger partial charge in [0.05, 0.1) is 6.10 Å². The maximum absolute atomic E-state index is 12.5. The number of carbonyl (C=O) groups excluding carboxylic acids is 1. The van der Waals surface area contributed by atoms with Crippen LogP contribution in [-0.2, 0) is 17.9 Å². The molecule has 0 N–H and O–H groups in total. The van der Waals surface area contributed by atoms with Crippen LogP contribution in [0.2, 0.25) is 0 Å². The van der Waals surface area contributed by atoms with E-state index in [2.05, 4.69) is 64.2 Å². The van der Waals surface area contributed by atoms with Crippen molar-refractivity contribution >= 4 is 11.8 Å². The molecule has 1 aliphatic rings. The number of aryl methyl sites for hydroxylation is 1. The highest BCUT2D eigenvalue weighted by Gasteiger charge is 2.23. The Morgan fingerprint density at radius 2 is 1.74 bits per heavy atom. The van der Waals surface area contributed by atoms with Crippen LogP contribution in [0.1, 0.15) is 40.9 Å². The van der Waals surface area contributed by atoms with Crippen molar-refractivity contribution in [2.24, 2.45) is 0 Å². The van der Waals surface area contributed by atoms with E-state index < -0.39 is 0 Å². The minimum atomic E-state index is -0.317. The van der Waals surface area contributed by atoms with Gasteiger partial charge in [-0.3, -0.25) is 4.90 Å². The molecule has 3 aromatic rings. The first-order valence-corrected chi connectivity index (χ1v) is 11.9. The highest BCUT2D eigenvalue weighted by molar-refractivity contribution is 5.94. The van der Waals surface area contributed by atoms with E-state index in [1.807, 2.05) is 19.9 Å². The zero-order chi connectivity index (χ0) is 23.9. The van der Waals surface area contributed by atoms with Crippen LogP contribution >= 0.6 is 0 Å². The van der Waals surface area contributed by atoms with Gasteiger partial charge in [0, 0.05) is 38.9 Å². The smallest absolute Gasteiger partial charge is 0.342 e. The number of nitrogens with zero attached hydrogens (tertiary/aromatic N) is 3. The SMILES string of the molecule is Cc1cccc(COc2cccc(CN3CCN(c4ncccc4C(=O)OC(C)C)CC3)c2)c1. The van der Waals surface area contributed by atoms with Gasteiger partial charge in [-0.25, -0.2) is 9.78 Å². The van der Waals surface area contributed by atoms with Gasteiger partial charge in [0.15, 0.2) is 0 Å². The number of pyridine rings is 1. The lowest BCUT2D eigenvalue weighted by Gasteiger charge is -2.36. The highest BCUT2D eigenvalue weighted by atomic mass is 16.5. The Bertz CT molecular complexity index is 1110. The summed E-state index contributed by atoms with van der Waals surface area (Å²) < 4.78 is 11.4. The van der Waals surface area contributed by atoms with Gasteiger partial charge in [-0.05, 0) is 56.2 Å². The molecule has 34 heavy (non-hydrogen) atoms. The molecule has 0 unspecified atom stereocenters. The van der Waals surface area contributed by atoms with E-state index in [9.17, 15) is 4.79 Å². The van der Waals surface area contributed by atoms with Crippen LogP contribution in [0, 0.1) is 6.92 Å². The number of hydrogen-bond donors (Lipinski definition) is 0. The molecular weight excluding hydrogens is 426 g/mol. The third-order valence-corrected chi connectivity index (χ3v) is 5.81. The van der Waals surface area contributed by atoms with E-state index in [4.69, 9.17) is 9.47 Å². The third kappa shape index (κ3) is 6.35. The van der Waals surface area contributed by atoms with Crippen molar-refractivity contribution in [3.05, 3.63) is 89.1 Å². The summed E-state index contributed by atoms with van der Waals surface area (Å²) in [7, 11) is 0. The topological polar surface area (TPSA) is 54.9 Å². The van der Waals surface area contributed by atoms with E-state index in [-0.39, 0.29) is 12.1 Å². The monoisotopic (exact) mass is 459 g/mol. The number of rotatable bonds is 8. The van der Waals surface area contributed by atoms with Gasteiger partial charge in [-0.1, -0.05) is 42.0 Å². The van der Waals surface area contributed by atoms with Crippen molar-refractivity contribution in [1.29, 1.82) is 0 Å². The number of hydrogen-bond acceptors (Lipinski definition) is 6. The first-order chi connectivity index (χ1) is 16.5. The van der Waals surface area contributed by atoms with Gasteiger partial charge in [0.25, 0.3) is 0 Å². The van der Waals surface area contributed by atoms with E-state index in [0.717, 1.165) is 38.5 Å². The Morgan fingerprint density at radius 3 is 2.50 bits per heavy atom. The lowest BCUT2D eigenvalue weighted by atomic mass is 10.1. The van der Waals surface area contributed by atoms with Crippen LogP contribution in [0.5, 0.6) is 5.75 Å². The standard InChI is InChI=1S/C28H33N3O3/c1-21(2)34-28(32)26-11-6-12-29-27(26)31-15-13-30(14-16-31)19-23-8-5-10-25(18-23)33-20-24-9-4-7-22(3)17-24/h4-12,17-18,21H,13-16,19-20H2,1-3H3. The van der Waals surface area contributed by atoms with Gasteiger partial charge in [0.2, 0.25) is 0 Å². The maximum atomic E-state index is 12.5. The summed E-state index contributed by atoms with van der Waals surface area (Å²) in [6.45, 7) is 10.6. The first-order valence-electron chi connectivity index (χ1n) is 11.9. The molecular formula is C28H33N3O3. The van der Waals surface area contributed by atoms with Crippen molar-refractivity contribution in [3.8, 4) is 5.75 Å². The van der Waals surface area contributed by atoms with Crippen LogP contribution < -0.4 is 9.64 Å². The number of ether oxygens (including phenoxy) is 2. The largest absolute Gasteiger partial charge is 0.489 e. The summed E-state index contributed by atoms with van der Waals surface area (Å²) in [6.07, 6.45) is 1.57. The lowest BCUT2D eigenvalue weighted by molar-refractivity contribution is 0.0378. The fourth-order valence-corrected chi connectivity index (χ4v) is 4.16. The number of benzene rings is 2. The van der Waals surface area contributed by atoms with E-state index >= 15 is 0 Å². The van der Waals surface area contributed by atoms with E-state index in [1.54, 1.807) is 18.3 Å². The van der Waals surface area contributed by atoms with Crippen LogP contribution in [0.15, 0.2) is 66.9 Å². The van der Waals surface area contributed by atoms with Crippen LogP contribution in [-0.4, -0.2) is 48.1 Å². The molecule has 178 valence electrons. The minimum absolute atomic E-state index is 0.158. The Morgan fingerprint density at radius 1 is 0.971 bits per heavy atom. The average molecular weight is 460 g/mol. The van der Waals surface area contributed by atoms with Crippen molar-refractivity contribution in [1.82, 2.24) is 9.88 Å². The van der Waals surface area contributed by atoms with Gasteiger partial charge in [-0.2, -0.15) is 0 Å². The van der Waals surface area contributed by atoms with Crippen LogP contribution in [0.4, 0.5) is 5.82 Å². The number of esters is 1. The molecule has 0 atom stereocenters. The second-order valence-electron chi connectivity index (χ2n) is 9.02. The third-order valence-electron chi connectivity index (χ3n) is 5.81. The molecule has 0 amide bonds. The molecule has 6 heteroatoms. The molecule has 1 aliphatic heterocycles. The zero-order valence-electron chi connectivity index (χ0n) is 20.2. The van der Waals surface area contributed by atoms with Gasteiger partial charge in [-0.15, -0.1) is 0 Å². The van der Waals surface area contributed by atoms with Crippen molar-refractivity contribution in [2.45, 2.75) is 40.0 Å². The average Bonchev–Trinajstić information content (AvgIpc) is 2.83. The van der Waals surface area contributed by atoms with Gasteiger partial charge < -0.3 is 14.4 Å². The van der Waals surface area contributed by atoms with E-state index in [1.165, 1.54) is 16.7 Å². The Hall–Kier alpha value is -3.38. The normalized spacial score (nSPS) is 14.3. The molecule has 0 aliphatic carbocycles. The quantitative estimate of drug-likeness (QED) is 0.449. The first kappa shape index (κ1) is 23.8. The van der Waals surface area contributed by atoms with Crippen molar-refractivity contribution in [3.63, 3.8) is 0 Å². The number of aromatic nitrogens is 1.